The molecule has 1 aromatic heterocycles. The van der Waals surface area contributed by atoms with Crippen LogP contribution in [0, 0.1) is 0 Å². The van der Waals surface area contributed by atoms with Gasteiger partial charge in [-0.1, -0.05) is 0 Å². The van der Waals surface area contributed by atoms with Gasteiger partial charge in [0.25, 0.3) is 0 Å². The molecule has 1 aromatic rings. The van der Waals surface area contributed by atoms with Crippen LogP contribution in [0.3, 0.4) is 0 Å². The van der Waals surface area contributed by atoms with E-state index in [4.69, 9.17) is 0 Å². The highest BCUT2D eigenvalue weighted by atomic mass is 16.2. The zero-order chi connectivity index (χ0) is 12.4. The van der Waals surface area contributed by atoms with Gasteiger partial charge in [-0.25, -0.2) is 0 Å². The highest BCUT2D eigenvalue weighted by Gasteiger charge is 2.30. The monoisotopic (exact) mass is 236 g/mol. The van der Waals surface area contributed by atoms with Crippen molar-refractivity contribution in [2.75, 3.05) is 13.1 Å². The highest BCUT2D eigenvalue weighted by Crippen LogP contribution is 2.14. The van der Waals surface area contributed by atoms with Crippen molar-refractivity contribution in [1.29, 1.82) is 0 Å². The number of hydrogen-bond donors (Lipinski definition) is 1. The molecule has 5 nitrogen and oxygen atoms in total. The molecule has 0 radical (unpaired) electrons. The Morgan fingerprint density at radius 3 is 2.94 bits per heavy atom. The Bertz CT molecular complexity index is 376. The third kappa shape index (κ3) is 2.49. The van der Waals surface area contributed by atoms with Gasteiger partial charge in [0.1, 0.15) is 6.04 Å². The first-order valence-corrected chi connectivity index (χ1v) is 6.12. The molecule has 1 N–H and O–H groups in total. The number of piperazine rings is 1. The maximum atomic E-state index is 12.4. The van der Waals surface area contributed by atoms with Crippen molar-refractivity contribution in [2.45, 2.75) is 38.9 Å². The standard InChI is InChI=1S/C12H20N4O/c1-9-8-15(10(2)7-13-9)12(17)11(3)16-6-4-5-14-16/h4-6,9-11,13H,7-8H2,1-3H3. The third-order valence-electron chi connectivity index (χ3n) is 3.33. The molecule has 0 aromatic carbocycles. The van der Waals surface area contributed by atoms with E-state index in [-0.39, 0.29) is 18.0 Å². The lowest BCUT2D eigenvalue weighted by Crippen LogP contribution is -2.57. The second kappa shape index (κ2) is 4.87. The van der Waals surface area contributed by atoms with Gasteiger partial charge in [0.2, 0.25) is 5.91 Å². The normalized spacial score (nSPS) is 26.9. The number of amides is 1. The molecule has 1 amide bonds. The number of nitrogens with one attached hydrogen (secondary N) is 1. The summed E-state index contributed by atoms with van der Waals surface area (Å²) in [5.74, 6) is 0.148. The lowest BCUT2D eigenvalue weighted by molar-refractivity contribution is -0.138. The summed E-state index contributed by atoms with van der Waals surface area (Å²) in [6.07, 6.45) is 3.53. The zero-order valence-electron chi connectivity index (χ0n) is 10.6. The largest absolute Gasteiger partial charge is 0.335 e. The molecule has 1 aliphatic heterocycles. The third-order valence-corrected chi connectivity index (χ3v) is 3.33. The fourth-order valence-electron chi connectivity index (χ4n) is 2.19. The van der Waals surface area contributed by atoms with Crippen molar-refractivity contribution in [1.82, 2.24) is 20.0 Å². The van der Waals surface area contributed by atoms with E-state index in [1.807, 2.05) is 24.1 Å². The van der Waals surface area contributed by atoms with Gasteiger partial charge in [0, 0.05) is 37.6 Å². The van der Waals surface area contributed by atoms with E-state index in [2.05, 4.69) is 24.3 Å². The Kier molecular flexibility index (Phi) is 3.47. The molecule has 2 rings (SSSR count). The number of rotatable bonds is 2. The van der Waals surface area contributed by atoms with E-state index in [9.17, 15) is 4.79 Å². The van der Waals surface area contributed by atoms with Crippen LogP contribution in [0.5, 0.6) is 0 Å². The van der Waals surface area contributed by atoms with Crippen molar-refractivity contribution in [3.63, 3.8) is 0 Å². The molecule has 5 heteroatoms. The lowest BCUT2D eigenvalue weighted by atomic mass is 10.1. The fourth-order valence-corrected chi connectivity index (χ4v) is 2.19. The summed E-state index contributed by atoms with van der Waals surface area (Å²) >= 11 is 0. The molecular weight excluding hydrogens is 216 g/mol. The van der Waals surface area contributed by atoms with Crippen molar-refractivity contribution < 1.29 is 4.79 Å². The van der Waals surface area contributed by atoms with E-state index >= 15 is 0 Å². The van der Waals surface area contributed by atoms with Crippen LogP contribution in [-0.4, -0.2) is 45.8 Å². The van der Waals surface area contributed by atoms with E-state index in [1.54, 1.807) is 10.9 Å². The van der Waals surface area contributed by atoms with Crippen molar-refractivity contribution in [3.05, 3.63) is 18.5 Å². The van der Waals surface area contributed by atoms with Gasteiger partial charge in [-0.3, -0.25) is 9.48 Å². The summed E-state index contributed by atoms with van der Waals surface area (Å²) in [6, 6.07) is 2.22. The number of carbonyl (C=O) groups excluding carboxylic acids is 1. The Morgan fingerprint density at radius 1 is 1.53 bits per heavy atom. The van der Waals surface area contributed by atoms with E-state index < -0.39 is 0 Å². The lowest BCUT2D eigenvalue weighted by Gasteiger charge is -2.38. The van der Waals surface area contributed by atoms with Gasteiger partial charge in [-0.2, -0.15) is 5.10 Å². The summed E-state index contributed by atoms with van der Waals surface area (Å²) in [4.78, 5) is 14.3. The average molecular weight is 236 g/mol. The fraction of sp³-hybridized carbons (Fsp3) is 0.667. The molecule has 0 spiro atoms. The maximum Gasteiger partial charge on any atom is 0.247 e. The molecule has 17 heavy (non-hydrogen) atoms. The molecule has 1 saturated heterocycles. The van der Waals surface area contributed by atoms with Crippen molar-refractivity contribution in [3.8, 4) is 0 Å². The number of hydrogen-bond acceptors (Lipinski definition) is 3. The first-order valence-electron chi connectivity index (χ1n) is 6.12. The summed E-state index contributed by atoms with van der Waals surface area (Å²) in [7, 11) is 0. The molecular formula is C12H20N4O. The predicted molar refractivity (Wildman–Crippen MR) is 65.6 cm³/mol. The van der Waals surface area contributed by atoms with Crippen LogP contribution in [0.2, 0.25) is 0 Å². The maximum absolute atomic E-state index is 12.4. The Balaban J connectivity index is 2.08. The molecule has 2 heterocycles. The Morgan fingerprint density at radius 2 is 2.29 bits per heavy atom. The number of carbonyl (C=O) groups is 1. The summed E-state index contributed by atoms with van der Waals surface area (Å²) < 4.78 is 1.71. The molecule has 1 fully saturated rings. The Hall–Kier alpha value is -1.36. The molecule has 3 unspecified atom stereocenters. The van der Waals surface area contributed by atoms with Gasteiger partial charge >= 0.3 is 0 Å². The minimum Gasteiger partial charge on any atom is -0.335 e. The van der Waals surface area contributed by atoms with E-state index in [0.29, 0.717) is 6.04 Å². The molecule has 1 aliphatic rings. The van der Waals surface area contributed by atoms with Crippen molar-refractivity contribution >= 4 is 5.91 Å². The van der Waals surface area contributed by atoms with Crippen LogP contribution < -0.4 is 5.32 Å². The van der Waals surface area contributed by atoms with Crippen LogP contribution in [0.1, 0.15) is 26.8 Å². The minimum absolute atomic E-state index is 0.148. The van der Waals surface area contributed by atoms with Crippen LogP contribution >= 0.6 is 0 Å². The first-order chi connectivity index (χ1) is 8.09. The summed E-state index contributed by atoms with van der Waals surface area (Å²) in [6.45, 7) is 7.70. The highest BCUT2D eigenvalue weighted by molar-refractivity contribution is 5.80. The van der Waals surface area contributed by atoms with Gasteiger partial charge in [0.05, 0.1) is 0 Å². The molecule has 3 atom stereocenters. The number of aromatic nitrogens is 2. The number of nitrogens with zero attached hydrogens (tertiary/aromatic N) is 3. The quantitative estimate of drug-likeness (QED) is 0.820. The Labute approximate surface area is 102 Å². The summed E-state index contributed by atoms with van der Waals surface area (Å²) in [5, 5.41) is 7.50. The molecule has 94 valence electrons. The van der Waals surface area contributed by atoms with Crippen molar-refractivity contribution in [2.24, 2.45) is 0 Å². The average Bonchev–Trinajstić information content (AvgIpc) is 2.84. The van der Waals surface area contributed by atoms with Crippen LogP contribution in [0.15, 0.2) is 18.5 Å². The molecule has 0 saturated carbocycles. The molecule has 0 aliphatic carbocycles. The van der Waals surface area contributed by atoms with E-state index in [0.717, 1.165) is 13.1 Å². The second-order valence-corrected chi connectivity index (χ2v) is 4.81. The summed E-state index contributed by atoms with van der Waals surface area (Å²) in [5.41, 5.74) is 0. The topological polar surface area (TPSA) is 50.2 Å². The van der Waals surface area contributed by atoms with Crippen LogP contribution in [0.25, 0.3) is 0 Å². The first kappa shape index (κ1) is 12.1. The van der Waals surface area contributed by atoms with Crippen LogP contribution in [-0.2, 0) is 4.79 Å². The van der Waals surface area contributed by atoms with Crippen LogP contribution in [0.4, 0.5) is 0 Å². The zero-order valence-corrected chi connectivity index (χ0v) is 10.6. The molecule has 0 bridgehead atoms. The van der Waals surface area contributed by atoms with Gasteiger partial charge in [0.15, 0.2) is 0 Å². The van der Waals surface area contributed by atoms with Gasteiger partial charge in [-0.15, -0.1) is 0 Å². The van der Waals surface area contributed by atoms with Gasteiger partial charge in [-0.05, 0) is 26.8 Å². The van der Waals surface area contributed by atoms with Gasteiger partial charge < -0.3 is 10.2 Å². The smallest absolute Gasteiger partial charge is 0.247 e. The van der Waals surface area contributed by atoms with E-state index in [1.165, 1.54) is 0 Å². The predicted octanol–water partition coefficient (Wildman–Crippen LogP) is 0.653. The second-order valence-electron chi connectivity index (χ2n) is 4.81. The SMILES string of the molecule is CC1CN(C(=O)C(C)n2cccn2)C(C)CN1. The minimum atomic E-state index is -0.224.